The molecule has 0 spiro atoms. The summed E-state index contributed by atoms with van der Waals surface area (Å²) in [6.07, 6.45) is 0. The largest absolute Gasteiger partial charge is 0.464 e. The van der Waals surface area contributed by atoms with E-state index < -0.39 is 28.0 Å². The van der Waals surface area contributed by atoms with Gasteiger partial charge in [-0.3, -0.25) is 0 Å². The first-order valence-electron chi connectivity index (χ1n) is 6.33. The molecule has 0 aliphatic rings. The number of hydrogen-bond acceptors (Lipinski definition) is 6. The Hall–Kier alpha value is -1.93. The van der Waals surface area contributed by atoms with Gasteiger partial charge in [0.25, 0.3) is 0 Å². The molecule has 0 heterocycles. The first kappa shape index (κ1) is 17.1. The van der Waals surface area contributed by atoms with E-state index in [-0.39, 0.29) is 18.1 Å². The van der Waals surface area contributed by atoms with Crippen molar-refractivity contribution in [2.75, 3.05) is 13.2 Å². The Labute approximate surface area is 123 Å². The molecule has 1 N–H and O–H groups in total. The smallest absolute Gasteiger partial charge is 0.335 e. The second-order valence-electron chi connectivity index (χ2n) is 3.87. The van der Waals surface area contributed by atoms with Crippen LogP contribution in [-0.2, 0) is 29.1 Å². The Morgan fingerprint density at radius 2 is 1.52 bits per heavy atom. The maximum absolute atomic E-state index is 12.1. The summed E-state index contributed by atoms with van der Waals surface area (Å²) in [5.74, 6) is -2.01. The van der Waals surface area contributed by atoms with Gasteiger partial charge in [-0.1, -0.05) is 18.2 Å². The van der Waals surface area contributed by atoms with E-state index in [1.165, 1.54) is 24.3 Å². The molecule has 0 aromatic heterocycles. The van der Waals surface area contributed by atoms with E-state index in [2.05, 4.69) is 9.47 Å². The van der Waals surface area contributed by atoms with Gasteiger partial charge in [0.2, 0.25) is 16.1 Å². The molecule has 0 amide bonds. The van der Waals surface area contributed by atoms with Crippen molar-refractivity contribution in [2.45, 2.75) is 24.8 Å². The van der Waals surface area contributed by atoms with Crippen LogP contribution >= 0.6 is 0 Å². The number of benzene rings is 1. The molecule has 0 atom stereocenters. The van der Waals surface area contributed by atoms with E-state index in [1.807, 2.05) is 4.72 Å². The molecule has 1 rings (SSSR count). The summed E-state index contributed by atoms with van der Waals surface area (Å²) < 4.78 is 35.6. The van der Waals surface area contributed by atoms with Gasteiger partial charge in [0, 0.05) is 0 Å². The summed E-state index contributed by atoms with van der Waals surface area (Å²) in [4.78, 5) is 23.4. The first-order valence-corrected chi connectivity index (χ1v) is 7.81. The minimum Gasteiger partial charge on any atom is -0.464 e. The Balaban J connectivity index is 3.00. The fraction of sp³-hybridized carbons (Fsp3) is 0.385. The molecule has 0 aliphatic carbocycles. The molecule has 116 valence electrons. The Morgan fingerprint density at radius 3 is 1.95 bits per heavy atom. The normalized spacial score (nSPS) is 11.2. The Bertz CT molecular complexity index is 566. The fourth-order valence-corrected chi connectivity index (χ4v) is 2.62. The van der Waals surface area contributed by atoms with Gasteiger partial charge in [-0.05, 0) is 26.0 Å². The van der Waals surface area contributed by atoms with Gasteiger partial charge in [0.15, 0.2) is 0 Å². The number of sulfonamides is 1. The van der Waals surface area contributed by atoms with Gasteiger partial charge in [-0.2, -0.15) is 4.72 Å². The van der Waals surface area contributed by atoms with E-state index in [9.17, 15) is 18.0 Å². The van der Waals surface area contributed by atoms with Gasteiger partial charge in [-0.15, -0.1) is 0 Å². The lowest BCUT2D eigenvalue weighted by atomic mass is 10.3. The van der Waals surface area contributed by atoms with Crippen LogP contribution < -0.4 is 4.72 Å². The van der Waals surface area contributed by atoms with Crippen LogP contribution in [0.25, 0.3) is 0 Å². The third kappa shape index (κ3) is 4.83. The molecule has 0 fully saturated rings. The fourth-order valence-electron chi connectivity index (χ4n) is 1.47. The van der Waals surface area contributed by atoms with Gasteiger partial charge >= 0.3 is 11.9 Å². The standard InChI is InChI=1S/C13H17NO6S/c1-3-19-12(15)11(13(16)20-4-2)14-21(17,18)10-8-6-5-7-9-10/h5-9,11,14H,3-4H2,1-2H3. The van der Waals surface area contributed by atoms with Gasteiger partial charge in [0.05, 0.1) is 18.1 Å². The Kier molecular flexibility index (Phi) is 6.32. The first-order chi connectivity index (χ1) is 9.92. The maximum atomic E-state index is 12.1. The van der Waals surface area contributed by atoms with Crippen LogP contribution in [0.5, 0.6) is 0 Å². The van der Waals surface area contributed by atoms with Crippen LogP contribution in [0.2, 0.25) is 0 Å². The second kappa shape index (κ2) is 7.75. The number of rotatable bonds is 7. The zero-order valence-corrected chi connectivity index (χ0v) is 12.6. The van der Waals surface area contributed by atoms with Crippen LogP contribution in [0.1, 0.15) is 13.8 Å². The molecule has 7 nitrogen and oxygen atoms in total. The molecule has 0 unspecified atom stereocenters. The summed E-state index contributed by atoms with van der Waals surface area (Å²) >= 11 is 0. The van der Waals surface area contributed by atoms with E-state index in [0.717, 1.165) is 0 Å². The molecular formula is C13H17NO6S. The van der Waals surface area contributed by atoms with Crippen LogP contribution in [0.15, 0.2) is 35.2 Å². The highest BCUT2D eigenvalue weighted by atomic mass is 32.2. The summed E-state index contributed by atoms with van der Waals surface area (Å²) in [6.45, 7) is 3.13. The van der Waals surface area contributed by atoms with Crippen molar-refractivity contribution in [1.82, 2.24) is 4.72 Å². The lowest BCUT2D eigenvalue weighted by Gasteiger charge is -2.16. The molecule has 0 saturated carbocycles. The number of carbonyl (C=O) groups is 2. The summed E-state index contributed by atoms with van der Waals surface area (Å²) in [7, 11) is -4.04. The minimum atomic E-state index is -4.04. The summed E-state index contributed by atoms with van der Waals surface area (Å²) in [5.41, 5.74) is 0. The third-order valence-electron chi connectivity index (χ3n) is 2.37. The number of ether oxygens (including phenoxy) is 2. The molecule has 21 heavy (non-hydrogen) atoms. The van der Waals surface area contributed by atoms with E-state index >= 15 is 0 Å². The minimum absolute atomic E-state index is 0.0157. The molecule has 0 aliphatic heterocycles. The van der Waals surface area contributed by atoms with Crippen molar-refractivity contribution >= 4 is 22.0 Å². The van der Waals surface area contributed by atoms with E-state index in [1.54, 1.807) is 19.9 Å². The number of nitrogens with one attached hydrogen (secondary N) is 1. The average Bonchev–Trinajstić information content (AvgIpc) is 2.46. The van der Waals surface area contributed by atoms with Crippen LogP contribution in [-0.4, -0.2) is 39.6 Å². The molecule has 1 aromatic carbocycles. The van der Waals surface area contributed by atoms with E-state index in [4.69, 9.17) is 0 Å². The lowest BCUT2D eigenvalue weighted by Crippen LogP contribution is -2.48. The van der Waals surface area contributed by atoms with Crippen molar-refractivity contribution in [2.24, 2.45) is 0 Å². The topological polar surface area (TPSA) is 98.8 Å². The summed E-state index contributed by atoms with van der Waals surface area (Å²) in [5, 5.41) is 0. The van der Waals surface area contributed by atoms with Crippen molar-refractivity contribution < 1.29 is 27.5 Å². The number of hydrogen-bond donors (Lipinski definition) is 1. The van der Waals surface area contributed by atoms with Gasteiger partial charge in [0.1, 0.15) is 0 Å². The highest BCUT2D eigenvalue weighted by Gasteiger charge is 2.34. The van der Waals surface area contributed by atoms with Crippen molar-refractivity contribution in [3.63, 3.8) is 0 Å². The van der Waals surface area contributed by atoms with Crippen molar-refractivity contribution in [3.05, 3.63) is 30.3 Å². The zero-order chi connectivity index (χ0) is 15.9. The molecule has 0 radical (unpaired) electrons. The molecule has 8 heteroatoms. The maximum Gasteiger partial charge on any atom is 0.335 e. The molecule has 0 saturated heterocycles. The monoisotopic (exact) mass is 315 g/mol. The van der Waals surface area contributed by atoms with Crippen LogP contribution in [0, 0.1) is 0 Å². The lowest BCUT2D eigenvalue weighted by molar-refractivity contribution is -0.157. The number of carbonyl (C=O) groups excluding carboxylic acids is 2. The second-order valence-corrected chi connectivity index (χ2v) is 5.59. The predicted octanol–water partition coefficient (Wildman–Crippen LogP) is 0.460. The highest BCUT2D eigenvalue weighted by Crippen LogP contribution is 2.09. The SMILES string of the molecule is CCOC(=O)C(NS(=O)(=O)c1ccccc1)C(=O)OCC. The Morgan fingerprint density at radius 1 is 1.05 bits per heavy atom. The zero-order valence-electron chi connectivity index (χ0n) is 11.7. The molecule has 0 bridgehead atoms. The van der Waals surface area contributed by atoms with Crippen molar-refractivity contribution in [1.29, 1.82) is 0 Å². The van der Waals surface area contributed by atoms with Gasteiger partial charge in [-0.25, -0.2) is 18.0 Å². The average molecular weight is 315 g/mol. The number of esters is 2. The quantitative estimate of drug-likeness (QED) is 0.580. The van der Waals surface area contributed by atoms with Gasteiger partial charge < -0.3 is 9.47 Å². The molecule has 1 aromatic rings. The van der Waals surface area contributed by atoms with Crippen LogP contribution in [0.3, 0.4) is 0 Å². The predicted molar refractivity (Wildman–Crippen MR) is 73.8 cm³/mol. The van der Waals surface area contributed by atoms with Crippen LogP contribution in [0.4, 0.5) is 0 Å². The van der Waals surface area contributed by atoms with E-state index in [0.29, 0.717) is 0 Å². The van der Waals surface area contributed by atoms with Crippen molar-refractivity contribution in [3.8, 4) is 0 Å². The third-order valence-corrected chi connectivity index (χ3v) is 3.81. The summed E-state index contributed by atoms with van der Waals surface area (Å²) in [6, 6.07) is 5.66. The highest BCUT2D eigenvalue weighted by molar-refractivity contribution is 7.89. The molecular weight excluding hydrogens is 298 g/mol.